The predicted octanol–water partition coefficient (Wildman–Crippen LogP) is 1.30. The molecule has 0 amide bonds. The zero-order valence-corrected chi connectivity index (χ0v) is 17.6. The molecule has 0 aliphatic carbocycles. The Morgan fingerprint density at radius 1 is 1.33 bits per heavy atom. The molecular weight excluding hydrogens is 366 g/mol. The van der Waals surface area contributed by atoms with Crippen molar-refractivity contribution in [3.05, 3.63) is 24.2 Å². The van der Waals surface area contributed by atoms with Crippen molar-refractivity contribution in [1.29, 1.82) is 0 Å². The average molecular weight is 400 g/mol. The van der Waals surface area contributed by atoms with Gasteiger partial charge in [-0.3, -0.25) is 9.89 Å². The first-order valence-electron chi connectivity index (χ1n) is 9.49. The molecule has 0 saturated carbocycles. The van der Waals surface area contributed by atoms with Gasteiger partial charge < -0.3 is 15.1 Å². The van der Waals surface area contributed by atoms with E-state index in [1.165, 1.54) is 12.8 Å². The molecule has 0 spiro atoms. The van der Waals surface area contributed by atoms with Crippen molar-refractivity contribution in [2.45, 2.75) is 45.2 Å². The van der Waals surface area contributed by atoms with Crippen LogP contribution in [0.3, 0.4) is 0 Å². The molecule has 9 heteroatoms. The van der Waals surface area contributed by atoms with Crippen molar-refractivity contribution in [2.24, 2.45) is 4.99 Å². The molecule has 0 aromatic carbocycles. The maximum Gasteiger partial charge on any atom is 0.209 e. The molecule has 1 fully saturated rings. The van der Waals surface area contributed by atoms with Gasteiger partial charge in [0, 0.05) is 18.6 Å². The maximum absolute atomic E-state index is 11.5. The lowest BCUT2D eigenvalue weighted by Gasteiger charge is -2.27. The largest absolute Gasteiger partial charge is 0.468 e. The lowest BCUT2D eigenvalue weighted by Crippen LogP contribution is -2.47. The topological polar surface area (TPSA) is 99.0 Å². The third-order valence-electron chi connectivity index (χ3n) is 4.35. The minimum Gasteiger partial charge on any atom is -0.468 e. The molecule has 1 aliphatic rings. The Labute approximate surface area is 162 Å². The van der Waals surface area contributed by atoms with Gasteiger partial charge in [0.1, 0.15) is 5.76 Å². The van der Waals surface area contributed by atoms with Crippen LogP contribution in [0.25, 0.3) is 0 Å². The lowest BCUT2D eigenvalue weighted by molar-refractivity contribution is 0.215. The highest BCUT2D eigenvalue weighted by Gasteiger charge is 2.26. The summed E-state index contributed by atoms with van der Waals surface area (Å²) in [5, 5.41) is 6.60. The first kappa shape index (κ1) is 21.7. The monoisotopic (exact) mass is 399 g/mol. The molecule has 1 aromatic rings. The summed E-state index contributed by atoms with van der Waals surface area (Å²) in [6.07, 6.45) is 5.27. The number of nitrogens with one attached hydrogen (secondary N) is 3. The molecule has 1 unspecified atom stereocenters. The second-order valence-corrected chi connectivity index (χ2v) is 9.36. The number of hydrogen-bond acceptors (Lipinski definition) is 5. The molecule has 154 valence electrons. The molecule has 3 N–H and O–H groups in total. The zero-order valence-electron chi connectivity index (χ0n) is 16.8. The highest BCUT2D eigenvalue weighted by molar-refractivity contribution is 7.88. The Morgan fingerprint density at radius 2 is 2.04 bits per heavy atom. The number of likely N-dealkylation sites (tertiary alicyclic amines) is 1. The average Bonchev–Trinajstić information content (AvgIpc) is 3.24. The molecule has 1 atom stereocenters. The Balaban J connectivity index is 2.03. The van der Waals surface area contributed by atoms with E-state index in [0.29, 0.717) is 19.0 Å². The maximum atomic E-state index is 11.5. The van der Waals surface area contributed by atoms with E-state index in [1.54, 1.807) is 6.26 Å². The van der Waals surface area contributed by atoms with Crippen LogP contribution in [0.2, 0.25) is 0 Å². The van der Waals surface area contributed by atoms with Gasteiger partial charge in [-0.05, 0) is 58.8 Å². The van der Waals surface area contributed by atoms with Gasteiger partial charge in [-0.2, -0.15) is 0 Å². The fourth-order valence-electron chi connectivity index (χ4n) is 3.29. The fraction of sp³-hybridized carbons (Fsp3) is 0.722. The number of hydrogen-bond donors (Lipinski definition) is 3. The van der Waals surface area contributed by atoms with Crippen molar-refractivity contribution in [3.8, 4) is 0 Å². The van der Waals surface area contributed by atoms with Gasteiger partial charge in [-0.1, -0.05) is 0 Å². The summed E-state index contributed by atoms with van der Waals surface area (Å²) in [5.41, 5.74) is -0.661. The Hall–Kier alpha value is -1.58. The highest BCUT2D eigenvalue weighted by Crippen LogP contribution is 2.24. The molecule has 2 heterocycles. The van der Waals surface area contributed by atoms with Gasteiger partial charge >= 0.3 is 0 Å². The molecule has 1 aliphatic heterocycles. The summed E-state index contributed by atoms with van der Waals surface area (Å²) in [7, 11) is -3.29. The number of nitrogens with zero attached hydrogens (tertiary/aromatic N) is 2. The van der Waals surface area contributed by atoms with Crippen molar-refractivity contribution in [1.82, 2.24) is 20.3 Å². The van der Waals surface area contributed by atoms with E-state index in [0.717, 1.165) is 31.7 Å². The van der Waals surface area contributed by atoms with Gasteiger partial charge in [0.05, 0.1) is 25.1 Å². The van der Waals surface area contributed by atoms with E-state index in [2.05, 4.69) is 25.2 Å². The summed E-state index contributed by atoms with van der Waals surface area (Å²) in [4.78, 5) is 6.99. The second kappa shape index (κ2) is 9.57. The van der Waals surface area contributed by atoms with Crippen LogP contribution in [0, 0.1) is 0 Å². The van der Waals surface area contributed by atoms with Gasteiger partial charge in [0.15, 0.2) is 5.96 Å². The highest BCUT2D eigenvalue weighted by atomic mass is 32.2. The minimum atomic E-state index is -3.29. The minimum absolute atomic E-state index is 0.147. The van der Waals surface area contributed by atoms with Gasteiger partial charge in [0.2, 0.25) is 10.0 Å². The molecule has 0 radical (unpaired) electrons. The Kier molecular flexibility index (Phi) is 7.69. The predicted molar refractivity (Wildman–Crippen MR) is 108 cm³/mol. The first-order chi connectivity index (χ1) is 12.7. The third-order valence-corrected chi connectivity index (χ3v) is 5.28. The first-order valence-corrected chi connectivity index (χ1v) is 11.4. The SMILES string of the molecule is CCNC(=NCC(C)(C)NS(C)(=O)=O)NCC(c1ccco1)N1CCCC1. The zero-order chi connectivity index (χ0) is 19.9. The van der Waals surface area contributed by atoms with Crippen LogP contribution in [0.4, 0.5) is 0 Å². The van der Waals surface area contributed by atoms with Crippen LogP contribution in [-0.2, 0) is 10.0 Å². The fourth-order valence-corrected chi connectivity index (χ4v) is 4.36. The molecule has 1 saturated heterocycles. The van der Waals surface area contributed by atoms with E-state index in [-0.39, 0.29) is 6.04 Å². The van der Waals surface area contributed by atoms with Gasteiger partial charge in [-0.15, -0.1) is 0 Å². The molecule has 27 heavy (non-hydrogen) atoms. The summed E-state index contributed by atoms with van der Waals surface area (Å²) < 4.78 is 31.3. The number of rotatable bonds is 9. The van der Waals surface area contributed by atoms with Crippen LogP contribution >= 0.6 is 0 Å². The van der Waals surface area contributed by atoms with Crippen molar-refractivity contribution >= 4 is 16.0 Å². The summed E-state index contributed by atoms with van der Waals surface area (Å²) in [5.74, 6) is 1.61. The van der Waals surface area contributed by atoms with Crippen molar-refractivity contribution < 1.29 is 12.8 Å². The summed E-state index contributed by atoms with van der Waals surface area (Å²) in [6, 6.07) is 4.07. The van der Waals surface area contributed by atoms with Crippen LogP contribution < -0.4 is 15.4 Å². The summed E-state index contributed by atoms with van der Waals surface area (Å²) in [6.45, 7) is 9.47. The summed E-state index contributed by atoms with van der Waals surface area (Å²) >= 11 is 0. The Morgan fingerprint density at radius 3 is 2.59 bits per heavy atom. The van der Waals surface area contributed by atoms with Gasteiger partial charge in [0.25, 0.3) is 0 Å². The number of guanidine groups is 1. The van der Waals surface area contributed by atoms with E-state index >= 15 is 0 Å². The Bertz CT molecular complexity index is 695. The number of sulfonamides is 1. The lowest BCUT2D eigenvalue weighted by atomic mass is 10.1. The number of aliphatic imine (C=N–C) groups is 1. The smallest absolute Gasteiger partial charge is 0.209 e. The van der Waals surface area contributed by atoms with E-state index in [9.17, 15) is 8.42 Å². The van der Waals surface area contributed by atoms with Crippen molar-refractivity contribution in [3.63, 3.8) is 0 Å². The normalized spacial score (nSPS) is 17.9. The molecular formula is C18H33N5O3S. The second-order valence-electron chi connectivity index (χ2n) is 7.61. The molecule has 2 rings (SSSR count). The molecule has 1 aromatic heterocycles. The van der Waals surface area contributed by atoms with Crippen LogP contribution in [0.5, 0.6) is 0 Å². The standard InChI is InChI=1S/C18H33N5O3S/c1-5-19-17(21-14-18(2,3)22-27(4,24)25)20-13-15(16-9-8-12-26-16)23-10-6-7-11-23/h8-9,12,15,22H,5-7,10-11,13-14H2,1-4H3,(H2,19,20,21). The van der Waals surface area contributed by atoms with Crippen LogP contribution in [-0.4, -0.2) is 63.8 Å². The number of furan rings is 1. The third kappa shape index (κ3) is 7.51. The van der Waals surface area contributed by atoms with E-state index < -0.39 is 15.6 Å². The van der Waals surface area contributed by atoms with Crippen molar-refractivity contribution in [2.75, 3.05) is 39.0 Å². The molecule has 8 nitrogen and oxygen atoms in total. The van der Waals surface area contributed by atoms with Crippen LogP contribution in [0.1, 0.15) is 45.4 Å². The molecule has 0 bridgehead atoms. The quantitative estimate of drug-likeness (QED) is 0.428. The van der Waals surface area contributed by atoms with Crippen LogP contribution in [0.15, 0.2) is 27.8 Å². The van der Waals surface area contributed by atoms with Gasteiger partial charge in [-0.25, -0.2) is 13.1 Å². The van der Waals surface area contributed by atoms with E-state index in [4.69, 9.17) is 4.42 Å². The van der Waals surface area contributed by atoms with E-state index in [1.807, 2.05) is 32.9 Å².